The highest BCUT2D eigenvalue weighted by Crippen LogP contribution is 2.41. The SMILES string of the molecule is CC(C(=O)O)C1(O[C@H]2[C@H](O)[C@@H](O)C(O[C@H]3[C@H](O)[C@@H](O)[C@@H](O)O[C@@H]3CO)O[C@@H]2CO)O[C@H](CO)[C@@H](O)[C@H](O)[C@H]1O. The lowest BCUT2D eigenvalue weighted by atomic mass is 9.84. The minimum absolute atomic E-state index is 0.822. The van der Waals surface area contributed by atoms with Crippen LogP contribution >= 0.6 is 0 Å². The summed E-state index contributed by atoms with van der Waals surface area (Å²) in [5.74, 6) is -6.23. The smallest absolute Gasteiger partial charge is 0.311 e. The zero-order valence-corrected chi connectivity index (χ0v) is 20.6. The summed E-state index contributed by atoms with van der Waals surface area (Å²) in [4.78, 5) is 11.9. The molecule has 3 heterocycles. The Labute approximate surface area is 220 Å². The number of aliphatic hydroxyl groups is 11. The van der Waals surface area contributed by atoms with E-state index in [0.717, 1.165) is 6.92 Å². The maximum atomic E-state index is 11.9. The molecule has 3 aliphatic heterocycles. The van der Waals surface area contributed by atoms with Crippen molar-refractivity contribution >= 4 is 5.97 Å². The third-order valence-corrected chi connectivity index (χ3v) is 7.23. The van der Waals surface area contributed by atoms with E-state index < -0.39 is 123 Å². The number of carboxylic acid groups (broad SMARTS) is 1. The van der Waals surface area contributed by atoms with Crippen molar-refractivity contribution in [3.8, 4) is 0 Å². The van der Waals surface area contributed by atoms with Gasteiger partial charge in [0, 0.05) is 0 Å². The summed E-state index contributed by atoms with van der Waals surface area (Å²) in [5, 5.41) is 121. The van der Waals surface area contributed by atoms with Crippen LogP contribution in [0.3, 0.4) is 0 Å². The molecule has 3 unspecified atom stereocenters. The Morgan fingerprint density at radius 2 is 1.28 bits per heavy atom. The van der Waals surface area contributed by atoms with Crippen molar-refractivity contribution in [1.82, 2.24) is 0 Å². The monoisotopic (exact) mass is 576 g/mol. The molecule has 0 radical (unpaired) electrons. The molecule has 39 heavy (non-hydrogen) atoms. The maximum absolute atomic E-state index is 11.9. The fourth-order valence-electron chi connectivity index (χ4n) is 4.81. The van der Waals surface area contributed by atoms with Gasteiger partial charge in [0.1, 0.15) is 79.2 Å². The van der Waals surface area contributed by atoms with Crippen molar-refractivity contribution in [3.63, 3.8) is 0 Å². The lowest BCUT2D eigenvalue weighted by Gasteiger charge is -2.53. The molecule has 228 valence electrons. The lowest BCUT2D eigenvalue weighted by Crippen LogP contribution is -2.72. The average molecular weight is 577 g/mol. The quantitative estimate of drug-likeness (QED) is 0.121. The summed E-state index contributed by atoms with van der Waals surface area (Å²) in [6.45, 7) is -1.76. The van der Waals surface area contributed by atoms with Gasteiger partial charge in [0.05, 0.1) is 19.8 Å². The number of aliphatic carboxylic acids is 1. The second-order valence-corrected chi connectivity index (χ2v) is 9.66. The van der Waals surface area contributed by atoms with Gasteiger partial charge in [-0.3, -0.25) is 4.79 Å². The molecule has 18 heteroatoms. The van der Waals surface area contributed by atoms with E-state index in [4.69, 9.17) is 23.7 Å². The van der Waals surface area contributed by atoms with Crippen LogP contribution in [-0.4, -0.2) is 179 Å². The van der Waals surface area contributed by atoms with Gasteiger partial charge in [-0.1, -0.05) is 0 Å². The number of aliphatic hydroxyl groups excluding tert-OH is 11. The van der Waals surface area contributed by atoms with Crippen molar-refractivity contribution in [2.24, 2.45) is 5.92 Å². The van der Waals surface area contributed by atoms with E-state index in [2.05, 4.69) is 0 Å². The highest BCUT2D eigenvalue weighted by atomic mass is 16.8. The van der Waals surface area contributed by atoms with Crippen LogP contribution in [0.1, 0.15) is 6.92 Å². The molecule has 3 saturated heterocycles. The Kier molecular flexibility index (Phi) is 10.6. The molecule has 3 aliphatic rings. The van der Waals surface area contributed by atoms with Crippen molar-refractivity contribution in [2.45, 2.75) is 98.5 Å². The van der Waals surface area contributed by atoms with Crippen molar-refractivity contribution in [1.29, 1.82) is 0 Å². The standard InChI is InChI=1S/C21H36O18/c1-5(18(32)33)21(17(31)12(28)9(25)6(2-22)38-21)39-16-8(4-24)36-20(14(30)11(16)27)37-15-7(3-23)35-19(34)13(29)10(15)26/h5-17,19-20,22-31,34H,2-4H2,1H3,(H,32,33)/t5?,6-,7-,8-,9-,10-,11-,12+,13-,14-,15-,16-,17-,19+,20?,21?/m1/s1. The van der Waals surface area contributed by atoms with E-state index in [1.807, 2.05) is 0 Å². The topological polar surface area (TPSA) is 306 Å². The number of hydrogen-bond donors (Lipinski definition) is 12. The van der Waals surface area contributed by atoms with Gasteiger partial charge in [0.25, 0.3) is 0 Å². The van der Waals surface area contributed by atoms with E-state index in [0.29, 0.717) is 0 Å². The first-order valence-corrected chi connectivity index (χ1v) is 12.1. The van der Waals surface area contributed by atoms with Crippen molar-refractivity contribution in [2.75, 3.05) is 19.8 Å². The first-order valence-electron chi connectivity index (χ1n) is 12.1. The minimum atomic E-state index is -2.76. The van der Waals surface area contributed by atoms with Crippen molar-refractivity contribution < 1.29 is 89.8 Å². The molecule has 0 aliphatic carbocycles. The predicted octanol–water partition coefficient (Wildman–Crippen LogP) is -7.48. The van der Waals surface area contributed by atoms with E-state index in [1.54, 1.807) is 0 Å². The number of rotatable bonds is 9. The Bertz CT molecular complexity index is 812. The maximum Gasteiger partial charge on any atom is 0.311 e. The summed E-state index contributed by atoms with van der Waals surface area (Å²) in [6.07, 6.45) is -26.2. The molecule has 0 saturated carbocycles. The molecule has 16 atom stereocenters. The van der Waals surface area contributed by atoms with Gasteiger partial charge < -0.3 is 85.0 Å². The van der Waals surface area contributed by atoms with Crippen LogP contribution in [0.25, 0.3) is 0 Å². The van der Waals surface area contributed by atoms with Gasteiger partial charge in [-0.2, -0.15) is 0 Å². The molecule has 0 aromatic carbocycles. The Morgan fingerprint density at radius 1 is 0.744 bits per heavy atom. The molecule has 0 aromatic rings. The number of hydrogen-bond acceptors (Lipinski definition) is 17. The van der Waals surface area contributed by atoms with Crippen LogP contribution in [0.2, 0.25) is 0 Å². The van der Waals surface area contributed by atoms with Gasteiger partial charge in [-0.25, -0.2) is 0 Å². The summed E-state index contributed by atoms with van der Waals surface area (Å²) in [5.41, 5.74) is 0. The average Bonchev–Trinajstić information content (AvgIpc) is 2.92. The molecule has 0 amide bonds. The lowest BCUT2D eigenvalue weighted by molar-refractivity contribution is -0.418. The number of carbonyl (C=O) groups is 1. The summed E-state index contributed by atoms with van der Waals surface area (Å²) < 4.78 is 26.9. The predicted molar refractivity (Wildman–Crippen MR) is 117 cm³/mol. The fourth-order valence-corrected chi connectivity index (χ4v) is 4.81. The highest BCUT2D eigenvalue weighted by molar-refractivity contribution is 5.71. The Hall–Kier alpha value is -1.17. The van der Waals surface area contributed by atoms with Gasteiger partial charge >= 0.3 is 5.97 Å². The summed E-state index contributed by atoms with van der Waals surface area (Å²) in [6, 6.07) is 0. The van der Waals surface area contributed by atoms with E-state index in [-0.39, 0.29) is 0 Å². The van der Waals surface area contributed by atoms with Crippen LogP contribution in [0, 0.1) is 5.92 Å². The molecule has 0 spiro atoms. The van der Waals surface area contributed by atoms with Gasteiger partial charge in [-0.05, 0) is 6.92 Å². The zero-order chi connectivity index (χ0) is 29.4. The Balaban J connectivity index is 1.89. The molecular formula is C21H36O18. The van der Waals surface area contributed by atoms with Crippen LogP contribution in [0.4, 0.5) is 0 Å². The van der Waals surface area contributed by atoms with E-state index >= 15 is 0 Å². The largest absolute Gasteiger partial charge is 0.481 e. The van der Waals surface area contributed by atoms with Gasteiger partial charge in [0.15, 0.2) is 12.6 Å². The van der Waals surface area contributed by atoms with E-state index in [1.165, 1.54) is 0 Å². The highest BCUT2D eigenvalue weighted by Gasteiger charge is 2.62. The van der Waals surface area contributed by atoms with Crippen molar-refractivity contribution in [3.05, 3.63) is 0 Å². The first kappa shape index (κ1) is 32.3. The van der Waals surface area contributed by atoms with E-state index in [9.17, 15) is 66.1 Å². The van der Waals surface area contributed by atoms with Gasteiger partial charge in [0.2, 0.25) is 5.79 Å². The van der Waals surface area contributed by atoms with Crippen LogP contribution < -0.4 is 0 Å². The summed E-state index contributed by atoms with van der Waals surface area (Å²) in [7, 11) is 0. The molecule has 3 fully saturated rings. The molecule has 12 N–H and O–H groups in total. The molecule has 0 bridgehead atoms. The van der Waals surface area contributed by atoms with Crippen LogP contribution in [0.5, 0.6) is 0 Å². The normalized spacial score (nSPS) is 49.9. The third kappa shape index (κ3) is 5.93. The minimum Gasteiger partial charge on any atom is -0.481 e. The fraction of sp³-hybridized carbons (Fsp3) is 0.952. The Morgan fingerprint density at radius 3 is 1.82 bits per heavy atom. The zero-order valence-electron chi connectivity index (χ0n) is 20.6. The first-order chi connectivity index (χ1) is 18.2. The second kappa shape index (κ2) is 12.8. The van der Waals surface area contributed by atoms with Crippen LogP contribution in [-0.2, 0) is 28.5 Å². The molecule has 0 aromatic heterocycles. The summed E-state index contributed by atoms with van der Waals surface area (Å²) >= 11 is 0. The van der Waals surface area contributed by atoms with Crippen LogP contribution in [0.15, 0.2) is 0 Å². The number of carboxylic acids is 1. The third-order valence-electron chi connectivity index (χ3n) is 7.23. The van der Waals surface area contributed by atoms with Gasteiger partial charge in [-0.15, -0.1) is 0 Å². The number of ether oxygens (including phenoxy) is 5. The second-order valence-electron chi connectivity index (χ2n) is 9.66. The molecule has 18 nitrogen and oxygen atoms in total. The molecule has 3 rings (SSSR count). The molecular weight excluding hydrogens is 540 g/mol.